The van der Waals surface area contributed by atoms with Gasteiger partial charge in [-0.15, -0.1) is 0 Å². The summed E-state index contributed by atoms with van der Waals surface area (Å²) in [7, 11) is 0. The third-order valence-corrected chi connectivity index (χ3v) is 3.30. The standard InChI is InChI=1S/C17H14FN3O2/c1-10-16(20-11(2)23-10)12-7-8-15(19-9-12)21-17(22)13-5-3-4-6-14(13)18/h3-9H,1-2H3,(H,19,21,22). The van der Waals surface area contributed by atoms with Crippen molar-refractivity contribution in [3.63, 3.8) is 0 Å². The fourth-order valence-electron chi connectivity index (χ4n) is 2.23. The zero-order valence-electron chi connectivity index (χ0n) is 12.6. The number of carbonyl (C=O) groups is 1. The Morgan fingerprint density at radius 2 is 1.96 bits per heavy atom. The number of anilines is 1. The molecule has 0 fully saturated rings. The Hall–Kier alpha value is -3.02. The molecule has 0 radical (unpaired) electrons. The number of aromatic nitrogens is 2. The van der Waals surface area contributed by atoms with Crippen LogP contribution in [0.15, 0.2) is 47.0 Å². The molecule has 0 unspecified atom stereocenters. The quantitative estimate of drug-likeness (QED) is 0.800. The summed E-state index contributed by atoms with van der Waals surface area (Å²) in [4.78, 5) is 20.5. The number of nitrogens with one attached hydrogen (secondary N) is 1. The number of benzene rings is 1. The van der Waals surface area contributed by atoms with Gasteiger partial charge in [0.25, 0.3) is 5.91 Å². The molecule has 2 aromatic heterocycles. The highest BCUT2D eigenvalue weighted by atomic mass is 19.1. The molecular weight excluding hydrogens is 297 g/mol. The minimum absolute atomic E-state index is 0.0265. The van der Waals surface area contributed by atoms with Crippen LogP contribution in [-0.4, -0.2) is 15.9 Å². The van der Waals surface area contributed by atoms with Crippen molar-refractivity contribution in [2.75, 3.05) is 5.32 Å². The number of hydrogen-bond acceptors (Lipinski definition) is 4. The molecule has 3 rings (SSSR count). The molecule has 5 nitrogen and oxygen atoms in total. The predicted octanol–water partition coefficient (Wildman–Crippen LogP) is 3.74. The first-order chi connectivity index (χ1) is 11.0. The van der Waals surface area contributed by atoms with Gasteiger partial charge in [0.2, 0.25) is 0 Å². The zero-order valence-corrected chi connectivity index (χ0v) is 12.6. The van der Waals surface area contributed by atoms with Gasteiger partial charge in [0.1, 0.15) is 23.1 Å². The minimum atomic E-state index is -0.574. The first-order valence-corrected chi connectivity index (χ1v) is 7.01. The lowest BCUT2D eigenvalue weighted by Crippen LogP contribution is -2.14. The summed E-state index contributed by atoms with van der Waals surface area (Å²) in [5.41, 5.74) is 1.46. The molecule has 23 heavy (non-hydrogen) atoms. The lowest BCUT2D eigenvalue weighted by atomic mass is 10.2. The Morgan fingerprint density at radius 3 is 2.57 bits per heavy atom. The van der Waals surface area contributed by atoms with Crippen LogP contribution in [0.25, 0.3) is 11.3 Å². The maximum Gasteiger partial charge on any atom is 0.259 e. The number of carbonyl (C=O) groups excluding carboxylic acids is 1. The molecule has 0 aliphatic rings. The van der Waals surface area contributed by atoms with E-state index in [1.54, 1.807) is 31.3 Å². The van der Waals surface area contributed by atoms with Crippen molar-refractivity contribution < 1.29 is 13.6 Å². The van der Waals surface area contributed by atoms with Crippen LogP contribution >= 0.6 is 0 Å². The summed E-state index contributed by atoms with van der Waals surface area (Å²) in [6, 6.07) is 9.19. The SMILES string of the molecule is Cc1nc(-c2ccc(NC(=O)c3ccccc3F)nc2)c(C)o1. The van der Waals surface area contributed by atoms with Gasteiger partial charge in [-0.1, -0.05) is 12.1 Å². The predicted molar refractivity (Wildman–Crippen MR) is 83.6 cm³/mol. The van der Waals surface area contributed by atoms with E-state index in [0.717, 1.165) is 5.56 Å². The van der Waals surface area contributed by atoms with E-state index in [1.807, 2.05) is 6.92 Å². The summed E-state index contributed by atoms with van der Waals surface area (Å²) in [5.74, 6) is 0.494. The van der Waals surface area contributed by atoms with Gasteiger partial charge in [0.15, 0.2) is 5.89 Å². The molecule has 0 spiro atoms. The van der Waals surface area contributed by atoms with Crippen LogP contribution in [0.4, 0.5) is 10.2 Å². The van der Waals surface area contributed by atoms with Crippen molar-refractivity contribution >= 4 is 11.7 Å². The highest BCUT2D eigenvalue weighted by Gasteiger charge is 2.13. The van der Waals surface area contributed by atoms with Crippen LogP contribution in [0.1, 0.15) is 22.0 Å². The summed E-state index contributed by atoms with van der Waals surface area (Å²) in [5, 5.41) is 2.56. The highest BCUT2D eigenvalue weighted by molar-refractivity contribution is 6.03. The van der Waals surface area contributed by atoms with Crippen molar-refractivity contribution in [3.05, 3.63) is 65.6 Å². The van der Waals surface area contributed by atoms with E-state index in [0.29, 0.717) is 23.2 Å². The van der Waals surface area contributed by atoms with E-state index in [1.165, 1.54) is 18.2 Å². The molecule has 0 aliphatic carbocycles. The Morgan fingerprint density at radius 1 is 1.17 bits per heavy atom. The summed E-state index contributed by atoms with van der Waals surface area (Å²) in [6.07, 6.45) is 1.58. The first-order valence-electron chi connectivity index (χ1n) is 7.01. The number of rotatable bonds is 3. The van der Waals surface area contributed by atoms with E-state index < -0.39 is 11.7 Å². The minimum Gasteiger partial charge on any atom is -0.446 e. The van der Waals surface area contributed by atoms with E-state index in [-0.39, 0.29) is 5.56 Å². The van der Waals surface area contributed by atoms with Crippen LogP contribution in [0.5, 0.6) is 0 Å². The molecule has 1 amide bonds. The van der Waals surface area contributed by atoms with Crippen molar-refractivity contribution in [1.82, 2.24) is 9.97 Å². The molecule has 1 N–H and O–H groups in total. The second-order valence-electron chi connectivity index (χ2n) is 5.00. The number of halogens is 1. The Balaban J connectivity index is 1.79. The molecule has 6 heteroatoms. The average molecular weight is 311 g/mol. The second kappa shape index (κ2) is 6.00. The summed E-state index contributed by atoms with van der Waals surface area (Å²) >= 11 is 0. The Kier molecular flexibility index (Phi) is 3.89. The molecule has 3 aromatic rings. The molecule has 1 aromatic carbocycles. The van der Waals surface area contributed by atoms with Crippen LogP contribution in [0.3, 0.4) is 0 Å². The van der Waals surface area contributed by atoms with Crippen LogP contribution in [0.2, 0.25) is 0 Å². The second-order valence-corrected chi connectivity index (χ2v) is 5.00. The van der Waals surface area contributed by atoms with E-state index in [2.05, 4.69) is 15.3 Å². The molecule has 116 valence electrons. The molecule has 0 saturated carbocycles. The molecular formula is C17H14FN3O2. The van der Waals surface area contributed by atoms with Crippen molar-refractivity contribution in [2.24, 2.45) is 0 Å². The van der Waals surface area contributed by atoms with Gasteiger partial charge in [0.05, 0.1) is 5.56 Å². The largest absolute Gasteiger partial charge is 0.446 e. The lowest BCUT2D eigenvalue weighted by molar-refractivity contribution is 0.102. The topological polar surface area (TPSA) is 68.0 Å². The Bertz CT molecular complexity index is 857. The average Bonchev–Trinajstić information content (AvgIpc) is 2.87. The smallest absolute Gasteiger partial charge is 0.259 e. The normalized spacial score (nSPS) is 10.6. The van der Waals surface area contributed by atoms with Gasteiger partial charge in [-0.05, 0) is 31.2 Å². The van der Waals surface area contributed by atoms with Gasteiger partial charge >= 0.3 is 0 Å². The first kappa shape index (κ1) is 14.9. The molecule has 2 heterocycles. The third-order valence-electron chi connectivity index (χ3n) is 3.30. The van der Waals surface area contributed by atoms with Crippen molar-refractivity contribution in [1.29, 1.82) is 0 Å². The lowest BCUT2D eigenvalue weighted by Gasteiger charge is -2.06. The highest BCUT2D eigenvalue weighted by Crippen LogP contribution is 2.23. The van der Waals surface area contributed by atoms with Crippen LogP contribution in [-0.2, 0) is 0 Å². The fourth-order valence-corrected chi connectivity index (χ4v) is 2.23. The van der Waals surface area contributed by atoms with Gasteiger partial charge in [-0.25, -0.2) is 14.4 Å². The zero-order chi connectivity index (χ0) is 16.4. The van der Waals surface area contributed by atoms with Crippen molar-refractivity contribution in [3.8, 4) is 11.3 Å². The van der Waals surface area contributed by atoms with E-state index in [9.17, 15) is 9.18 Å². The van der Waals surface area contributed by atoms with E-state index in [4.69, 9.17) is 4.42 Å². The number of pyridine rings is 1. The number of hydrogen-bond donors (Lipinski definition) is 1. The van der Waals surface area contributed by atoms with Gasteiger partial charge in [-0.2, -0.15) is 0 Å². The molecule has 0 atom stereocenters. The Labute approximate surface area is 132 Å². The number of amides is 1. The van der Waals surface area contributed by atoms with E-state index >= 15 is 0 Å². The van der Waals surface area contributed by atoms with Crippen molar-refractivity contribution in [2.45, 2.75) is 13.8 Å². The fraction of sp³-hybridized carbons (Fsp3) is 0.118. The van der Waals surface area contributed by atoms with Gasteiger partial charge in [0, 0.05) is 18.7 Å². The molecule has 0 aliphatic heterocycles. The maximum atomic E-state index is 13.6. The third kappa shape index (κ3) is 3.11. The monoisotopic (exact) mass is 311 g/mol. The summed E-state index contributed by atoms with van der Waals surface area (Å²) < 4.78 is 19.0. The number of aryl methyl sites for hydroxylation is 2. The van der Waals surface area contributed by atoms with Gasteiger partial charge < -0.3 is 9.73 Å². The van der Waals surface area contributed by atoms with Gasteiger partial charge in [-0.3, -0.25) is 4.79 Å². The molecule has 0 bridgehead atoms. The van der Waals surface area contributed by atoms with Crippen LogP contribution in [0, 0.1) is 19.7 Å². The van der Waals surface area contributed by atoms with Crippen LogP contribution < -0.4 is 5.32 Å². The maximum absolute atomic E-state index is 13.6. The number of nitrogens with zero attached hydrogens (tertiary/aromatic N) is 2. The number of oxazole rings is 1. The summed E-state index contributed by atoms with van der Waals surface area (Å²) in [6.45, 7) is 3.59. The molecule has 0 saturated heterocycles.